The van der Waals surface area contributed by atoms with Gasteiger partial charge in [-0.2, -0.15) is 0 Å². The highest BCUT2D eigenvalue weighted by atomic mass is 16.5. The second-order valence-electron chi connectivity index (χ2n) is 8.51. The van der Waals surface area contributed by atoms with Crippen LogP contribution in [0.5, 0.6) is 0 Å². The molecule has 6 nitrogen and oxygen atoms in total. The van der Waals surface area contributed by atoms with Crippen LogP contribution in [0, 0.1) is 11.8 Å². The summed E-state index contributed by atoms with van der Waals surface area (Å²) in [6.07, 6.45) is 5.05. The van der Waals surface area contributed by atoms with Crippen molar-refractivity contribution in [2.24, 2.45) is 16.8 Å². The summed E-state index contributed by atoms with van der Waals surface area (Å²) in [6.45, 7) is 6.63. The molecule has 2 bridgehead atoms. The van der Waals surface area contributed by atoms with Gasteiger partial charge in [-0.3, -0.25) is 4.79 Å². The van der Waals surface area contributed by atoms with E-state index in [0.717, 1.165) is 44.2 Å². The van der Waals surface area contributed by atoms with Crippen LogP contribution in [0.15, 0.2) is 29.3 Å². The number of fused-ring (bicyclic) bond motifs is 5. The van der Waals surface area contributed by atoms with Gasteiger partial charge < -0.3 is 19.9 Å². The zero-order chi connectivity index (χ0) is 19.1. The Hall–Kier alpha value is -2.08. The second kappa shape index (κ2) is 7.39. The number of amides is 1. The van der Waals surface area contributed by atoms with Crippen molar-refractivity contribution in [2.45, 2.75) is 51.4 Å². The number of hydrogen-bond donors (Lipinski definition) is 1. The van der Waals surface area contributed by atoms with Gasteiger partial charge in [-0.05, 0) is 43.9 Å². The summed E-state index contributed by atoms with van der Waals surface area (Å²) >= 11 is 0. The molecule has 5 rings (SSSR count). The van der Waals surface area contributed by atoms with Crippen LogP contribution < -0.4 is 10.2 Å². The summed E-state index contributed by atoms with van der Waals surface area (Å²) in [5.74, 6) is 2.62. The summed E-state index contributed by atoms with van der Waals surface area (Å²) in [5, 5.41) is 3.48. The van der Waals surface area contributed by atoms with Gasteiger partial charge in [-0.1, -0.05) is 12.1 Å². The molecule has 28 heavy (non-hydrogen) atoms. The van der Waals surface area contributed by atoms with Crippen LogP contribution in [0.3, 0.4) is 0 Å². The van der Waals surface area contributed by atoms with E-state index in [1.165, 1.54) is 18.4 Å². The van der Waals surface area contributed by atoms with Gasteiger partial charge in [0.1, 0.15) is 0 Å². The maximum atomic E-state index is 11.9. The Bertz CT molecular complexity index is 744. The third-order valence-corrected chi connectivity index (χ3v) is 6.82. The van der Waals surface area contributed by atoms with Crippen molar-refractivity contribution in [3.8, 4) is 0 Å². The number of hydrogen-bond acceptors (Lipinski definition) is 3. The van der Waals surface area contributed by atoms with Gasteiger partial charge in [0.05, 0.1) is 18.8 Å². The van der Waals surface area contributed by atoms with Crippen LogP contribution in [-0.2, 0) is 16.1 Å². The molecule has 4 saturated heterocycles. The van der Waals surface area contributed by atoms with Gasteiger partial charge in [0.2, 0.25) is 5.91 Å². The number of carbonyl (C=O) groups is 1. The largest absolute Gasteiger partial charge is 0.374 e. The fraction of sp³-hybridized carbons (Fsp3) is 0.636. The molecule has 4 heterocycles. The van der Waals surface area contributed by atoms with Crippen molar-refractivity contribution in [3.63, 3.8) is 0 Å². The quantitative estimate of drug-likeness (QED) is 0.642. The molecule has 4 atom stereocenters. The number of rotatable bonds is 4. The molecule has 0 aliphatic carbocycles. The lowest BCUT2D eigenvalue weighted by atomic mass is 9.82. The molecule has 6 heteroatoms. The highest BCUT2D eigenvalue weighted by Crippen LogP contribution is 2.47. The van der Waals surface area contributed by atoms with Gasteiger partial charge in [0.15, 0.2) is 5.96 Å². The van der Waals surface area contributed by atoms with Gasteiger partial charge >= 0.3 is 0 Å². The molecule has 0 saturated carbocycles. The Balaban J connectivity index is 1.25. The van der Waals surface area contributed by atoms with E-state index in [-0.39, 0.29) is 5.91 Å². The topological polar surface area (TPSA) is 57.2 Å². The van der Waals surface area contributed by atoms with E-state index in [0.29, 0.717) is 37.0 Å². The Labute approximate surface area is 166 Å². The predicted molar refractivity (Wildman–Crippen MR) is 109 cm³/mol. The first kappa shape index (κ1) is 18.0. The molecule has 1 amide bonds. The standard InChI is InChI=1S/C22H30N4O2/c1-2-23-22(25-13-17-18(14-25)20-10-9-19(17)28-20)24-12-15-5-7-16(8-6-15)26-11-3-4-21(26)27/h5-8,17-20H,2-4,9-14H2,1H3,(H,23,24). The van der Waals surface area contributed by atoms with Crippen LogP contribution in [-0.4, -0.2) is 55.2 Å². The van der Waals surface area contributed by atoms with Crippen molar-refractivity contribution in [3.05, 3.63) is 29.8 Å². The summed E-state index contributed by atoms with van der Waals surface area (Å²) < 4.78 is 6.10. The van der Waals surface area contributed by atoms with E-state index < -0.39 is 0 Å². The molecular formula is C22H30N4O2. The van der Waals surface area contributed by atoms with Crippen LogP contribution in [0.1, 0.15) is 38.2 Å². The molecule has 0 aromatic heterocycles. The Morgan fingerprint density at radius 1 is 1.18 bits per heavy atom. The molecule has 0 spiro atoms. The van der Waals surface area contributed by atoms with Crippen LogP contribution in [0.4, 0.5) is 5.69 Å². The second-order valence-corrected chi connectivity index (χ2v) is 8.51. The molecule has 1 aromatic rings. The van der Waals surface area contributed by atoms with E-state index in [9.17, 15) is 4.79 Å². The molecule has 4 unspecified atom stereocenters. The van der Waals surface area contributed by atoms with E-state index in [1.54, 1.807) is 0 Å². The summed E-state index contributed by atoms with van der Waals surface area (Å²) in [5.41, 5.74) is 2.18. The van der Waals surface area contributed by atoms with Gasteiger partial charge in [0.25, 0.3) is 0 Å². The van der Waals surface area contributed by atoms with Crippen LogP contribution in [0.2, 0.25) is 0 Å². The first-order valence-electron chi connectivity index (χ1n) is 10.8. The molecule has 0 radical (unpaired) electrons. The molecule has 4 aliphatic heterocycles. The number of benzene rings is 1. The van der Waals surface area contributed by atoms with Crippen LogP contribution in [0.25, 0.3) is 0 Å². The number of anilines is 1. The third-order valence-electron chi connectivity index (χ3n) is 6.82. The van der Waals surface area contributed by atoms with Crippen molar-refractivity contribution >= 4 is 17.6 Å². The average molecular weight is 383 g/mol. The maximum absolute atomic E-state index is 11.9. The average Bonchev–Trinajstić information content (AvgIpc) is 3.47. The molecule has 1 aromatic carbocycles. The molecule has 1 N–H and O–H groups in total. The highest BCUT2D eigenvalue weighted by Gasteiger charge is 2.53. The number of guanidine groups is 1. The van der Waals surface area contributed by atoms with E-state index in [4.69, 9.17) is 9.73 Å². The minimum Gasteiger partial charge on any atom is -0.374 e. The third kappa shape index (κ3) is 3.17. The van der Waals surface area contributed by atoms with E-state index in [2.05, 4.69) is 41.4 Å². The summed E-state index contributed by atoms with van der Waals surface area (Å²) in [6, 6.07) is 8.30. The first-order valence-corrected chi connectivity index (χ1v) is 10.8. The number of ether oxygens (including phenoxy) is 1. The smallest absolute Gasteiger partial charge is 0.227 e. The fourth-order valence-corrected chi connectivity index (χ4v) is 5.43. The lowest BCUT2D eigenvalue weighted by Crippen LogP contribution is -2.41. The number of likely N-dealkylation sites (tertiary alicyclic amines) is 1. The SMILES string of the molecule is CCNC(=NCc1ccc(N2CCCC2=O)cc1)N1CC2C3CCC(O3)C2C1. The van der Waals surface area contributed by atoms with Crippen molar-refractivity contribution < 1.29 is 9.53 Å². The first-order chi connectivity index (χ1) is 13.7. The molecule has 150 valence electrons. The van der Waals surface area contributed by atoms with Gasteiger partial charge in [-0.25, -0.2) is 4.99 Å². The minimum absolute atomic E-state index is 0.234. The van der Waals surface area contributed by atoms with Crippen molar-refractivity contribution in [2.75, 3.05) is 31.1 Å². The number of aliphatic imine (C=N–C) groups is 1. The highest BCUT2D eigenvalue weighted by molar-refractivity contribution is 5.95. The van der Waals surface area contributed by atoms with Crippen molar-refractivity contribution in [1.29, 1.82) is 0 Å². The lowest BCUT2D eigenvalue weighted by molar-refractivity contribution is -0.117. The maximum Gasteiger partial charge on any atom is 0.227 e. The predicted octanol–water partition coefficient (Wildman–Crippen LogP) is 2.39. The molecule has 4 aliphatic rings. The van der Waals surface area contributed by atoms with Gasteiger partial charge in [-0.15, -0.1) is 0 Å². The monoisotopic (exact) mass is 382 g/mol. The Morgan fingerprint density at radius 3 is 2.50 bits per heavy atom. The van der Waals surface area contributed by atoms with E-state index in [1.807, 2.05) is 4.90 Å². The van der Waals surface area contributed by atoms with Crippen LogP contribution >= 0.6 is 0 Å². The van der Waals surface area contributed by atoms with E-state index >= 15 is 0 Å². The number of nitrogens with one attached hydrogen (secondary N) is 1. The van der Waals surface area contributed by atoms with Crippen molar-refractivity contribution in [1.82, 2.24) is 10.2 Å². The number of nitrogens with zero attached hydrogens (tertiary/aromatic N) is 3. The molecular weight excluding hydrogens is 352 g/mol. The summed E-state index contributed by atoms with van der Waals surface area (Å²) in [4.78, 5) is 21.1. The molecule has 4 fully saturated rings. The normalized spacial score (nSPS) is 31.8. The van der Waals surface area contributed by atoms with Gasteiger partial charge in [0, 0.05) is 50.1 Å². The lowest BCUT2D eigenvalue weighted by Gasteiger charge is -2.23. The minimum atomic E-state index is 0.234. The zero-order valence-corrected chi connectivity index (χ0v) is 16.6. The fourth-order valence-electron chi connectivity index (χ4n) is 5.43. The zero-order valence-electron chi connectivity index (χ0n) is 16.6. The number of carbonyl (C=O) groups excluding carboxylic acids is 1. The Kier molecular flexibility index (Phi) is 4.75. The summed E-state index contributed by atoms with van der Waals surface area (Å²) in [7, 11) is 0. The Morgan fingerprint density at radius 2 is 1.89 bits per heavy atom.